The first-order valence-electron chi connectivity index (χ1n) is 3.94. The van der Waals surface area contributed by atoms with Crippen LogP contribution in [0.2, 0.25) is 0 Å². The van der Waals surface area contributed by atoms with Gasteiger partial charge in [-0.15, -0.1) is 0 Å². The molecule has 0 saturated carbocycles. The molecule has 0 unspecified atom stereocenters. The van der Waals surface area contributed by atoms with E-state index >= 15 is 0 Å². The third-order valence-electron chi connectivity index (χ3n) is 1.61. The average molecular weight is 195 g/mol. The van der Waals surface area contributed by atoms with Crippen molar-refractivity contribution in [2.75, 3.05) is 7.11 Å². The van der Waals surface area contributed by atoms with Gasteiger partial charge < -0.3 is 10.5 Å². The number of nitrogens with two attached hydrogens (primary N) is 1. The second-order valence-electron chi connectivity index (χ2n) is 2.64. The van der Waals surface area contributed by atoms with Crippen molar-refractivity contribution in [2.45, 2.75) is 0 Å². The van der Waals surface area contributed by atoms with Crippen molar-refractivity contribution in [1.82, 2.24) is 0 Å². The number of carbonyl (C=O) groups excluding carboxylic acids is 1. The second kappa shape index (κ2) is 4.41. The first-order chi connectivity index (χ1) is 6.63. The van der Waals surface area contributed by atoms with E-state index in [-0.39, 0.29) is 11.5 Å². The molecular weight excluding hydrogens is 185 g/mol. The van der Waals surface area contributed by atoms with Crippen molar-refractivity contribution in [1.29, 1.82) is 0 Å². The third kappa shape index (κ3) is 2.58. The SMILES string of the molecule is COC(=O)C(N)=Cc1ccc(F)cc1. The number of rotatable bonds is 2. The van der Waals surface area contributed by atoms with Gasteiger partial charge in [0.2, 0.25) is 0 Å². The largest absolute Gasteiger partial charge is 0.464 e. The summed E-state index contributed by atoms with van der Waals surface area (Å²) in [5, 5.41) is 0. The lowest BCUT2D eigenvalue weighted by molar-refractivity contribution is -0.136. The molecule has 0 aliphatic rings. The fourth-order valence-corrected chi connectivity index (χ4v) is 0.915. The van der Waals surface area contributed by atoms with E-state index in [1.54, 1.807) is 0 Å². The number of halogens is 1. The Labute approximate surface area is 81.0 Å². The van der Waals surface area contributed by atoms with Gasteiger partial charge in [-0.3, -0.25) is 0 Å². The van der Waals surface area contributed by atoms with Crippen LogP contribution in [-0.4, -0.2) is 13.1 Å². The van der Waals surface area contributed by atoms with Gasteiger partial charge in [0.15, 0.2) is 0 Å². The zero-order valence-corrected chi connectivity index (χ0v) is 7.66. The summed E-state index contributed by atoms with van der Waals surface area (Å²) in [6, 6.07) is 5.61. The van der Waals surface area contributed by atoms with Crippen LogP contribution in [0.4, 0.5) is 4.39 Å². The van der Waals surface area contributed by atoms with Crippen LogP contribution in [0.1, 0.15) is 5.56 Å². The molecule has 3 nitrogen and oxygen atoms in total. The monoisotopic (exact) mass is 195 g/mol. The lowest BCUT2D eigenvalue weighted by atomic mass is 10.2. The van der Waals surface area contributed by atoms with E-state index in [9.17, 15) is 9.18 Å². The topological polar surface area (TPSA) is 52.3 Å². The van der Waals surface area contributed by atoms with Crippen molar-refractivity contribution in [3.05, 3.63) is 41.3 Å². The van der Waals surface area contributed by atoms with E-state index in [0.717, 1.165) is 0 Å². The molecule has 0 fully saturated rings. The van der Waals surface area contributed by atoms with Crippen LogP contribution >= 0.6 is 0 Å². The Morgan fingerprint density at radius 2 is 2.00 bits per heavy atom. The summed E-state index contributed by atoms with van der Waals surface area (Å²) in [6.07, 6.45) is 1.42. The Bertz CT molecular complexity index is 357. The third-order valence-corrected chi connectivity index (χ3v) is 1.61. The van der Waals surface area contributed by atoms with Crippen LogP contribution in [0.15, 0.2) is 30.0 Å². The molecule has 1 rings (SSSR count). The van der Waals surface area contributed by atoms with Gasteiger partial charge in [-0.1, -0.05) is 12.1 Å². The number of hydrogen-bond donors (Lipinski definition) is 1. The van der Waals surface area contributed by atoms with Gasteiger partial charge in [-0.05, 0) is 23.8 Å². The number of carbonyl (C=O) groups is 1. The van der Waals surface area contributed by atoms with E-state index in [1.165, 1.54) is 37.5 Å². The fraction of sp³-hybridized carbons (Fsp3) is 0.100. The zero-order valence-electron chi connectivity index (χ0n) is 7.66. The molecule has 0 aliphatic carbocycles. The first kappa shape index (κ1) is 10.2. The van der Waals surface area contributed by atoms with Gasteiger partial charge in [0, 0.05) is 0 Å². The van der Waals surface area contributed by atoms with E-state index < -0.39 is 5.97 Å². The van der Waals surface area contributed by atoms with Crippen molar-refractivity contribution >= 4 is 12.0 Å². The highest BCUT2D eigenvalue weighted by atomic mass is 19.1. The fourth-order valence-electron chi connectivity index (χ4n) is 0.915. The number of ether oxygens (including phenoxy) is 1. The van der Waals surface area contributed by atoms with Crippen molar-refractivity contribution < 1.29 is 13.9 Å². The minimum atomic E-state index is -0.602. The molecule has 0 atom stereocenters. The van der Waals surface area contributed by atoms with Crippen LogP contribution in [0.5, 0.6) is 0 Å². The minimum absolute atomic E-state index is 0.0147. The molecular formula is C10H10FNO2. The lowest BCUT2D eigenvalue weighted by Crippen LogP contribution is -2.12. The molecule has 14 heavy (non-hydrogen) atoms. The Kier molecular flexibility index (Phi) is 3.23. The molecule has 0 aliphatic heterocycles. The summed E-state index contributed by atoms with van der Waals surface area (Å²) >= 11 is 0. The Morgan fingerprint density at radius 3 is 2.50 bits per heavy atom. The Morgan fingerprint density at radius 1 is 1.43 bits per heavy atom. The molecule has 0 spiro atoms. The van der Waals surface area contributed by atoms with E-state index in [4.69, 9.17) is 5.73 Å². The van der Waals surface area contributed by atoms with Gasteiger partial charge in [0.25, 0.3) is 0 Å². The Hall–Kier alpha value is -1.84. The predicted octanol–water partition coefficient (Wildman–Crippen LogP) is 1.30. The van der Waals surface area contributed by atoms with Gasteiger partial charge in [-0.2, -0.15) is 0 Å². The van der Waals surface area contributed by atoms with Gasteiger partial charge in [0.05, 0.1) is 7.11 Å². The standard InChI is InChI=1S/C10H10FNO2/c1-14-10(13)9(12)6-7-2-4-8(11)5-3-7/h2-6H,12H2,1H3. The van der Waals surface area contributed by atoms with Gasteiger partial charge >= 0.3 is 5.97 Å². The van der Waals surface area contributed by atoms with Crippen molar-refractivity contribution in [3.8, 4) is 0 Å². The van der Waals surface area contributed by atoms with Crippen molar-refractivity contribution in [3.63, 3.8) is 0 Å². The number of hydrogen-bond acceptors (Lipinski definition) is 3. The summed E-state index contributed by atoms with van der Waals surface area (Å²) in [6.45, 7) is 0. The summed E-state index contributed by atoms with van der Waals surface area (Å²) in [7, 11) is 1.24. The summed E-state index contributed by atoms with van der Waals surface area (Å²) in [5.74, 6) is -0.937. The maximum Gasteiger partial charge on any atom is 0.353 e. The highest BCUT2D eigenvalue weighted by Gasteiger charge is 2.03. The smallest absolute Gasteiger partial charge is 0.353 e. The Balaban J connectivity index is 2.86. The summed E-state index contributed by atoms with van der Waals surface area (Å²) < 4.78 is 16.9. The number of methoxy groups -OCH3 is 1. The first-order valence-corrected chi connectivity index (χ1v) is 3.94. The van der Waals surface area contributed by atoms with E-state index in [2.05, 4.69) is 4.74 Å². The predicted molar refractivity (Wildman–Crippen MR) is 50.6 cm³/mol. The highest BCUT2D eigenvalue weighted by Crippen LogP contribution is 2.06. The maximum absolute atomic E-state index is 12.5. The highest BCUT2D eigenvalue weighted by molar-refractivity contribution is 5.92. The molecule has 1 aromatic rings. The molecule has 0 radical (unpaired) electrons. The quantitative estimate of drug-likeness (QED) is 0.571. The molecule has 0 bridgehead atoms. The molecule has 2 N–H and O–H groups in total. The molecule has 0 aromatic heterocycles. The zero-order chi connectivity index (χ0) is 10.6. The molecule has 0 amide bonds. The van der Waals surface area contributed by atoms with E-state index in [0.29, 0.717) is 5.56 Å². The normalized spacial score (nSPS) is 11.1. The number of benzene rings is 1. The lowest BCUT2D eigenvalue weighted by Gasteiger charge is -1.98. The van der Waals surface area contributed by atoms with Crippen LogP contribution in [0.3, 0.4) is 0 Å². The van der Waals surface area contributed by atoms with Crippen LogP contribution in [0, 0.1) is 5.82 Å². The molecule has 0 heterocycles. The van der Waals surface area contributed by atoms with Crippen LogP contribution in [-0.2, 0) is 9.53 Å². The molecule has 1 aromatic carbocycles. The van der Waals surface area contributed by atoms with Crippen molar-refractivity contribution in [2.24, 2.45) is 5.73 Å². The van der Waals surface area contributed by atoms with Crippen LogP contribution < -0.4 is 5.73 Å². The van der Waals surface area contributed by atoms with Gasteiger partial charge in [-0.25, -0.2) is 9.18 Å². The second-order valence-corrected chi connectivity index (χ2v) is 2.64. The summed E-state index contributed by atoms with van der Waals surface area (Å²) in [4.78, 5) is 10.9. The molecule has 0 saturated heterocycles. The van der Waals surface area contributed by atoms with Gasteiger partial charge in [0.1, 0.15) is 11.5 Å². The number of esters is 1. The molecule has 74 valence electrons. The minimum Gasteiger partial charge on any atom is -0.464 e. The summed E-state index contributed by atoms with van der Waals surface area (Å²) in [5.41, 5.74) is 6.02. The van der Waals surface area contributed by atoms with E-state index in [1.807, 2.05) is 0 Å². The van der Waals surface area contributed by atoms with Crippen LogP contribution in [0.25, 0.3) is 6.08 Å². The average Bonchev–Trinajstić information content (AvgIpc) is 2.20. The maximum atomic E-state index is 12.5. The molecule has 4 heteroatoms.